The molecular formula is C17H14ClNO6S. The molecule has 1 aromatic rings. The van der Waals surface area contributed by atoms with Gasteiger partial charge in [0.25, 0.3) is 11.1 Å². The Bertz CT molecular complexity index is 829. The summed E-state index contributed by atoms with van der Waals surface area (Å²) in [5.74, 6) is 1.66. The number of nitrogens with zero attached hydrogens (tertiary/aromatic N) is 1. The van der Waals surface area contributed by atoms with Crippen molar-refractivity contribution in [2.45, 2.75) is 0 Å². The Morgan fingerprint density at radius 1 is 1.38 bits per heavy atom. The van der Waals surface area contributed by atoms with Gasteiger partial charge in [0, 0.05) is 0 Å². The lowest BCUT2D eigenvalue weighted by atomic mass is 10.1. The Morgan fingerprint density at radius 2 is 2.12 bits per heavy atom. The second-order valence-corrected chi connectivity index (χ2v) is 6.27. The van der Waals surface area contributed by atoms with Crippen LogP contribution in [-0.2, 0) is 14.3 Å². The number of esters is 1. The molecule has 0 radical (unpaired) electrons. The van der Waals surface area contributed by atoms with Crippen molar-refractivity contribution in [2.75, 3.05) is 27.4 Å². The van der Waals surface area contributed by atoms with Crippen LogP contribution in [0.3, 0.4) is 0 Å². The van der Waals surface area contributed by atoms with Crippen LogP contribution in [0, 0.1) is 12.3 Å². The second-order valence-electron chi connectivity index (χ2n) is 4.87. The number of benzene rings is 1. The quantitative estimate of drug-likeness (QED) is 0.416. The van der Waals surface area contributed by atoms with Crippen molar-refractivity contribution >= 4 is 46.6 Å². The van der Waals surface area contributed by atoms with E-state index < -0.39 is 23.7 Å². The molecule has 1 fully saturated rings. The summed E-state index contributed by atoms with van der Waals surface area (Å²) in [6.07, 6.45) is 6.64. The minimum atomic E-state index is -0.687. The van der Waals surface area contributed by atoms with Crippen LogP contribution in [0.5, 0.6) is 11.5 Å². The molecule has 1 saturated heterocycles. The van der Waals surface area contributed by atoms with E-state index in [9.17, 15) is 14.4 Å². The lowest BCUT2D eigenvalue weighted by Crippen LogP contribution is -2.34. The fourth-order valence-corrected chi connectivity index (χ4v) is 3.17. The maximum Gasteiger partial charge on any atom is 0.325 e. The predicted molar refractivity (Wildman–Crippen MR) is 97.0 cm³/mol. The average Bonchev–Trinajstić information content (AvgIpc) is 2.87. The Balaban J connectivity index is 2.31. The Labute approximate surface area is 159 Å². The summed E-state index contributed by atoms with van der Waals surface area (Å²) in [5, 5.41) is -0.321. The zero-order chi connectivity index (χ0) is 19.3. The largest absolute Gasteiger partial charge is 0.493 e. The second kappa shape index (κ2) is 8.65. The van der Waals surface area contributed by atoms with Crippen molar-refractivity contribution < 1.29 is 28.6 Å². The summed E-state index contributed by atoms with van der Waals surface area (Å²) in [5.41, 5.74) is 0.517. The molecule has 0 atom stereocenters. The summed E-state index contributed by atoms with van der Waals surface area (Å²) in [6.45, 7) is -0.427. The van der Waals surface area contributed by atoms with Gasteiger partial charge in [-0.3, -0.25) is 19.3 Å². The number of methoxy groups -OCH3 is 2. The summed E-state index contributed by atoms with van der Waals surface area (Å²) in [4.78, 5) is 36.5. The molecule has 0 N–H and O–H groups in total. The van der Waals surface area contributed by atoms with Crippen LogP contribution < -0.4 is 9.47 Å². The van der Waals surface area contributed by atoms with Crippen molar-refractivity contribution in [3.63, 3.8) is 0 Å². The van der Waals surface area contributed by atoms with E-state index in [2.05, 4.69) is 10.7 Å². The highest BCUT2D eigenvalue weighted by Crippen LogP contribution is 2.38. The normalized spacial score (nSPS) is 15.2. The number of ether oxygens (including phenoxy) is 3. The summed E-state index contributed by atoms with van der Waals surface area (Å²) in [7, 11) is 2.61. The molecule has 0 unspecified atom stereocenters. The van der Waals surface area contributed by atoms with Crippen LogP contribution in [0.25, 0.3) is 6.08 Å². The SMILES string of the molecule is C#CCOc1c(Cl)cc(/C=C2\SC(=O)N(CC(=O)OC)C2=O)cc1OC. The maximum absolute atomic E-state index is 12.3. The van der Waals surface area contributed by atoms with Crippen molar-refractivity contribution in [3.05, 3.63) is 27.6 Å². The fourth-order valence-electron chi connectivity index (χ4n) is 2.06. The molecule has 1 aromatic carbocycles. The highest BCUT2D eigenvalue weighted by molar-refractivity contribution is 8.18. The first-order valence-electron chi connectivity index (χ1n) is 7.17. The van der Waals surface area contributed by atoms with E-state index in [1.807, 2.05) is 0 Å². The third kappa shape index (κ3) is 4.31. The van der Waals surface area contributed by atoms with Crippen LogP contribution in [0.1, 0.15) is 5.56 Å². The maximum atomic E-state index is 12.3. The van der Waals surface area contributed by atoms with Gasteiger partial charge >= 0.3 is 5.97 Å². The number of terminal acetylenes is 1. The van der Waals surface area contributed by atoms with Gasteiger partial charge in [-0.1, -0.05) is 17.5 Å². The number of hydrogen-bond donors (Lipinski definition) is 0. The number of halogens is 1. The van der Waals surface area contributed by atoms with E-state index in [0.29, 0.717) is 23.1 Å². The van der Waals surface area contributed by atoms with E-state index in [1.54, 1.807) is 12.1 Å². The predicted octanol–water partition coefficient (Wildman–Crippen LogP) is 2.57. The van der Waals surface area contributed by atoms with Crippen molar-refractivity contribution in [2.24, 2.45) is 0 Å². The first kappa shape index (κ1) is 19.7. The molecule has 1 heterocycles. The van der Waals surface area contributed by atoms with Gasteiger partial charge in [0.15, 0.2) is 11.5 Å². The summed E-state index contributed by atoms with van der Waals surface area (Å²) < 4.78 is 15.0. The molecule has 0 saturated carbocycles. The van der Waals surface area contributed by atoms with Crippen LogP contribution in [0.2, 0.25) is 5.02 Å². The van der Waals surface area contributed by atoms with Gasteiger partial charge in [-0.25, -0.2) is 0 Å². The number of rotatable bonds is 6. The standard InChI is InChI=1S/C17H14ClNO6S/c1-4-5-25-15-11(18)6-10(7-12(15)23-2)8-13-16(21)19(17(22)26-13)9-14(20)24-3/h1,6-8H,5,9H2,2-3H3/b13-8-. The first-order chi connectivity index (χ1) is 12.4. The van der Waals surface area contributed by atoms with Crippen LogP contribution in [0.15, 0.2) is 17.0 Å². The molecule has 0 aromatic heterocycles. The molecule has 7 nitrogen and oxygen atoms in total. The average molecular weight is 396 g/mol. The number of imide groups is 1. The van der Waals surface area contributed by atoms with Gasteiger partial charge in [-0.2, -0.15) is 0 Å². The monoisotopic (exact) mass is 395 g/mol. The molecule has 136 valence electrons. The highest BCUT2D eigenvalue weighted by atomic mass is 35.5. The Morgan fingerprint density at radius 3 is 2.73 bits per heavy atom. The fraction of sp³-hybridized carbons (Fsp3) is 0.235. The smallest absolute Gasteiger partial charge is 0.325 e. The van der Waals surface area contributed by atoms with Gasteiger partial charge in [0.1, 0.15) is 13.2 Å². The zero-order valence-electron chi connectivity index (χ0n) is 13.9. The van der Waals surface area contributed by atoms with Crippen LogP contribution in [-0.4, -0.2) is 49.4 Å². The van der Waals surface area contributed by atoms with Gasteiger partial charge in [0.05, 0.1) is 24.1 Å². The zero-order valence-corrected chi connectivity index (χ0v) is 15.5. The third-order valence-corrected chi connectivity index (χ3v) is 4.43. The van der Waals surface area contributed by atoms with E-state index in [1.165, 1.54) is 20.3 Å². The number of carbonyl (C=O) groups excluding carboxylic acids is 3. The van der Waals surface area contributed by atoms with E-state index in [4.69, 9.17) is 27.5 Å². The molecule has 0 bridgehead atoms. The summed E-state index contributed by atoms with van der Waals surface area (Å²) >= 11 is 6.90. The van der Waals surface area contributed by atoms with Gasteiger partial charge in [0.2, 0.25) is 0 Å². The van der Waals surface area contributed by atoms with Crippen molar-refractivity contribution in [1.82, 2.24) is 4.90 Å². The van der Waals surface area contributed by atoms with Gasteiger partial charge in [-0.05, 0) is 35.5 Å². The molecular weight excluding hydrogens is 382 g/mol. The Kier molecular flexibility index (Phi) is 6.55. The van der Waals surface area contributed by atoms with Crippen molar-refractivity contribution in [1.29, 1.82) is 0 Å². The number of carbonyl (C=O) groups is 3. The third-order valence-electron chi connectivity index (χ3n) is 3.24. The lowest BCUT2D eigenvalue weighted by Gasteiger charge is -2.12. The van der Waals surface area contributed by atoms with Crippen LogP contribution in [0.4, 0.5) is 4.79 Å². The molecule has 0 aliphatic carbocycles. The molecule has 2 rings (SSSR count). The first-order valence-corrected chi connectivity index (χ1v) is 8.36. The van der Waals surface area contributed by atoms with E-state index in [0.717, 1.165) is 4.90 Å². The summed E-state index contributed by atoms with van der Waals surface area (Å²) in [6, 6.07) is 3.14. The molecule has 1 aliphatic rings. The van der Waals surface area contributed by atoms with Gasteiger partial charge < -0.3 is 14.2 Å². The van der Waals surface area contributed by atoms with E-state index in [-0.39, 0.29) is 22.3 Å². The molecule has 9 heteroatoms. The minimum absolute atomic E-state index is 0.0157. The minimum Gasteiger partial charge on any atom is -0.493 e. The topological polar surface area (TPSA) is 82.1 Å². The molecule has 26 heavy (non-hydrogen) atoms. The number of amides is 2. The van der Waals surface area contributed by atoms with Crippen LogP contribution >= 0.6 is 23.4 Å². The van der Waals surface area contributed by atoms with Gasteiger partial charge in [-0.15, -0.1) is 6.42 Å². The highest BCUT2D eigenvalue weighted by Gasteiger charge is 2.36. The molecule has 0 spiro atoms. The molecule has 1 aliphatic heterocycles. The van der Waals surface area contributed by atoms with E-state index >= 15 is 0 Å². The lowest BCUT2D eigenvalue weighted by molar-refractivity contribution is -0.143. The molecule has 2 amide bonds. The van der Waals surface area contributed by atoms with Crippen molar-refractivity contribution in [3.8, 4) is 23.8 Å². The number of thioether (sulfide) groups is 1. The Hall–Kier alpha value is -2.63. The number of hydrogen-bond acceptors (Lipinski definition) is 7.